The molecule has 2 aromatic carbocycles. The van der Waals surface area contributed by atoms with Gasteiger partial charge in [-0.3, -0.25) is 10.1 Å². The first-order valence-corrected chi connectivity index (χ1v) is 12.7. The van der Waals surface area contributed by atoms with Gasteiger partial charge >= 0.3 is 0 Å². The molecule has 2 heterocycles. The van der Waals surface area contributed by atoms with Crippen LogP contribution in [0.3, 0.4) is 0 Å². The van der Waals surface area contributed by atoms with E-state index < -0.39 is 16.3 Å². The molecule has 1 atom stereocenters. The Hall–Kier alpha value is -3.74. The second-order valence-electron chi connectivity index (χ2n) is 10.5. The van der Waals surface area contributed by atoms with E-state index in [0.717, 1.165) is 18.9 Å². The fraction of sp³-hybridized carbons (Fsp3) is 0.385. The summed E-state index contributed by atoms with van der Waals surface area (Å²) in [5, 5.41) is 28.5. The molecule has 0 bridgehead atoms. The Labute approximate surface area is 229 Å². The van der Waals surface area contributed by atoms with Gasteiger partial charge in [0, 0.05) is 54.1 Å². The zero-order valence-electron chi connectivity index (χ0n) is 21.7. The number of nitro benzene ring substituents is 1. The molecule has 0 radical (unpaired) electrons. The van der Waals surface area contributed by atoms with E-state index in [1.165, 1.54) is 39.3 Å². The third-order valence-electron chi connectivity index (χ3n) is 7.32. The molecule has 1 saturated heterocycles. The second-order valence-corrected chi connectivity index (χ2v) is 10.9. The number of methoxy groups -OCH3 is 1. The summed E-state index contributed by atoms with van der Waals surface area (Å²) in [6, 6.07) is 7.09. The van der Waals surface area contributed by atoms with E-state index >= 15 is 0 Å². The van der Waals surface area contributed by atoms with Gasteiger partial charge < -0.3 is 31.1 Å². The molecule has 5 rings (SSSR count). The summed E-state index contributed by atoms with van der Waals surface area (Å²) < 4.78 is 19.7. The first kappa shape index (κ1) is 26.9. The smallest absolute Gasteiger partial charge is 0.294 e. The number of nitrogens with zero attached hydrogens (tertiary/aromatic N) is 4. The summed E-state index contributed by atoms with van der Waals surface area (Å²) in [6.45, 7) is 4.25. The minimum atomic E-state index is -1.37. The summed E-state index contributed by atoms with van der Waals surface area (Å²) >= 11 is 5.98. The number of nitro groups is 1. The molecule has 0 unspecified atom stereocenters. The van der Waals surface area contributed by atoms with Gasteiger partial charge in [0.05, 0.1) is 28.3 Å². The molecule has 13 heteroatoms. The molecule has 3 aromatic rings. The first-order chi connectivity index (χ1) is 18.4. The van der Waals surface area contributed by atoms with Gasteiger partial charge in [-0.05, 0) is 44.9 Å². The molecule has 1 aliphatic heterocycles. The van der Waals surface area contributed by atoms with Crippen molar-refractivity contribution in [3.05, 3.63) is 63.0 Å². The first-order valence-electron chi connectivity index (χ1n) is 12.4. The third-order valence-corrected chi connectivity index (χ3v) is 7.61. The molecular weight excluding hydrogens is 529 g/mol. The zero-order chi connectivity index (χ0) is 28.1. The highest BCUT2D eigenvalue weighted by molar-refractivity contribution is 6.31. The lowest BCUT2D eigenvalue weighted by molar-refractivity contribution is -0.384. The van der Waals surface area contributed by atoms with Gasteiger partial charge in [0.1, 0.15) is 23.1 Å². The van der Waals surface area contributed by atoms with Crippen LogP contribution in [0.4, 0.5) is 38.9 Å². The van der Waals surface area contributed by atoms with E-state index in [1.807, 2.05) is 4.90 Å². The molecule has 0 amide bonds. The monoisotopic (exact) mass is 557 g/mol. The number of nitrogens with two attached hydrogens (primary N) is 1. The van der Waals surface area contributed by atoms with Crippen molar-refractivity contribution in [3.8, 4) is 5.75 Å². The van der Waals surface area contributed by atoms with Gasteiger partial charge in [0.15, 0.2) is 0 Å². The van der Waals surface area contributed by atoms with Crippen molar-refractivity contribution in [1.82, 2.24) is 9.97 Å². The standard InChI is InChI=1S/C26H29ClFN7O4/c1-25(2,36)14-8-16(28)15(27)9-17(14)31-23-4-7-30-24(33-23)32-18-10-20(35(37)38)19(11-21(18)39-3)34-12-22(29)26(13-34)5-6-26/h4,7-11,22,36H,5-6,12-13,29H2,1-3H3,(H2,30,31,32,33)/t22-/m0/s1. The van der Waals surface area contributed by atoms with Gasteiger partial charge in [-0.25, -0.2) is 9.37 Å². The number of anilines is 5. The number of aliphatic hydroxyl groups is 1. The average molecular weight is 558 g/mol. The predicted octanol–water partition coefficient (Wildman–Crippen LogP) is 4.83. The van der Waals surface area contributed by atoms with Crippen LogP contribution in [0.2, 0.25) is 5.02 Å². The van der Waals surface area contributed by atoms with E-state index in [0.29, 0.717) is 41.7 Å². The molecule has 2 fully saturated rings. The van der Waals surface area contributed by atoms with Gasteiger partial charge in [-0.1, -0.05) is 11.6 Å². The fourth-order valence-electron chi connectivity index (χ4n) is 4.99. The number of aromatic nitrogens is 2. The summed E-state index contributed by atoms with van der Waals surface area (Å²) in [6.07, 6.45) is 3.53. The fourth-order valence-corrected chi connectivity index (χ4v) is 5.16. The van der Waals surface area contributed by atoms with Crippen LogP contribution in [0.5, 0.6) is 5.75 Å². The Kier molecular flexibility index (Phi) is 6.73. The number of halogens is 2. The minimum absolute atomic E-state index is 0.0301. The molecule has 5 N–H and O–H groups in total. The minimum Gasteiger partial charge on any atom is -0.494 e. The lowest BCUT2D eigenvalue weighted by atomic mass is 9.96. The molecule has 11 nitrogen and oxygen atoms in total. The quantitative estimate of drug-likeness (QED) is 0.224. The normalized spacial score (nSPS) is 17.8. The molecule has 1 saturated carbocycles. The van der Waals surface area contributed by atoms with Crippen molar-refractivity contribution < 1.29 is 19.2 Å². The topological polar surface area (TPSA) is 152 Å². The van der Waals surface area contributed by atoms with E-state index in [-0.39, 0.29) is 33.7 Å². The Morgan fingerprint density at radius 3 is 2.64 bits per heavy atom. The van der Waals surface area contributed by atoms with Gasteiger partial charge in [0.25, 0.3) is 5.69 Å². The number of hydrogen-bond acceptors (Lipinski definition) is 10. The highest BCUT2D eigenvalue weighted by Crippen LogP contribution is 2.54. The van der Waals surface area contributed by atoms with Crippen LogP contribution in [0.15, 0.2) is 36.5 Å². The molecular formula is C26H29ClFN7O4. The van der Waals surface area contributed by atoms with Gasteiger partial charge in [-0.15, -0.1) is 0 Å². The number of benzene rings is 2. The lowest BCUT2D eigenvalue weighted by Crippen LogP contribution is -2.30. The molecule has 1 aliphatic carbocycles. The van der Waals surface area contributed by atoms with Crippen LogP contribution in [-0.2, 0) is 5.60 Å². The maximum atomic E-state index is 14.1. The second kappa shape index (κ2) is 9.78. The highest BCUT2D eigenvalue weighted by Gasteiger charge is 2.54. The third kappa shape index (κ3) is 5.27. The maximum absolute atomic E-state index is 14.1. The van der Waals surface area contributed by atoms with E-state index in [9.17, 15) is 19.6 Å². The summed E-state index contributed by atoms with van der Waals surface area (Å²) in [4.78, 5) is 22.2. The Balaban J connectivity index is 1.44. The molecule has 1 spiro atoms. The summed E-state index contributed by atoms with van der Waals surface area (Å²) in [5.41, 5.74) is 6.30. The van der Waals surface area contributed by atoms with E-state index in [2.05, 4.69) is 20.6 Å². The average Bonchev–Trinajstić information content (AvgIpc) is 3.58. The number of hydrogen-bond donors (Lipinski definition) is 4. The van der Waals surface area contributed by atoms with Gasteiger partial charge in [0.2, 0.25) is 5.95 Å². The largest absolute Gasteiger partial charge is 0.494 e. The Bertz CT molecular complexity index is 1440. The van der Waals surface area contributed by atoms with Crippen molar-refractivity contribution in [2.75, 3.05) is 35.7 Å². The summed E-state index contributed by atoms with van der Waals surface area (Å²) in [7, 11) is 1.48. The number of ether oxygens (including phenoxy) is 1. The Morgan fingerprint density at radius 1 is 1.28 bits per heavy atom. The highest BCUT2D eigenvalue weighted by atomic mass is 35.5. The summed E-state index contributed by atoms with van der Waals surface area (Å²) in [5.74, 6) is 0.146. The van der Waals surface area contributed by atoms with Crippen LogP contribution in [0, 0.1) is 21.3 Å². The SMILES string of the molecule is COc1cc(N2C[C@H](N)C3(CC3)C2)c([N+](=O)[O-])cc1Nc1nccc(Nc2cc(Cl)c(F)cc2C(C)(C)O)n1. The maximum Gasteiger partial charge on any atom is 0.294 e. The lowest BCUT2D eigenvalue weighted by Gasteiger charge is -2.23. The van der Waals surface area contributed by atoms with E-state index in [4.69, 9.17) is 22.1 Å². The number of nitrogens with one attached hydrogen (secondary N) is 2. The van der Waals surface area contributed by atoms with Crippen LogP contribution < -0.4 is 26.0 Å². The number of rotatable bonds is 8. The zero-order valence-corrected chi connectivity index (χ0v) is 22.4. The van der Waals surface area contributed by atoms with Crippen molar-refractivity contribution in [3.63, 3.8) is 0 Å². The van der Waals surface area contributed by atoms with Crippen molar-refractivity contribution in [1.29, 1.82) is 0 Å². The van der Waals surface area contributed by atoms with Crippen LogP contribution in [0.25, 0.3) is 0 Å². The van der Waals surface area contributed by atoms with Crippen molar-refractivity contribution in [2.45, 2.75) is 38.3 Å². The van der Waals surface area contributed by atoms with Crippen LogP contribution in [0.1, 0.15) is 32.3 Å². The van der Waals surface area contributed by atoms with Crippen LogP contribution in [-0.4, -0.2) is 46.2 Å². The molecule has 39 heavy (non-hydrogen) atoms. The predicted molar refractivity (Wildman–Crippen MR) is 147 cm³/mol. The van der Waals surface area contributed by atoms with Gasteiger partial charge in [-0.2, -0.15) is 4.98 Å². The molecule has 2 aliphatic rings. The Morgan fingerprint density at radius 2 is 2.03 bits per heavy atom. The van der Waals surface area contributed by atoms with E-state index in [1.54, 1.807) is 12.1 Å². The van der Waals surface area contributed by atoms with Crippen molar-refractivity contribution >= 4 is 46.1 Å². The molecule has 206 valence electrons. The van der Waals surface area contributed by atoms with Crippen LogP contribution >= 0.6 is 11.6 Å². The van der Waals surface area contributed by atoms with Crippen molar-refractivity contribution in [2.24, 2.45) is 11.1 Å². The molecule has 1 aromatic heterocycles.